The Balaban J connectivity index is 1.40. The molecule has 0 amide bonds. The van der Waals surface area contributed by atoms with E-state index in [1.807, 2.05) is 0 Å². The van der Waals surface area contributed by atoms with E-state index in [9.17, 15) is 0 Å². The molecule has 2 aromatic heterocycles. The zero-order valence-corrected chi connectivity index (χ0v) is 47.0. The molecule has 2 aromatic carbocycles. The second-order valence-electron chi connectivity index (χ2n) is 23.1. The van der Waals surface area contributed by atoms with E-state index < -0.39 is 0 Å². The molecule has 3 heterocycles. The van der Waals surface area contributed by atoms with Crippen LogP contribution >= 0.6 is 0 Å². The van der Waals surface area contributed by atoms with Crippen LogP contribution < -0.4 is 0 Å². The van der Waals surface area contributed by atoms with E-state index in [0.29, 0.717) is 63.2 Å². The summed E-state index contributed by atoms with van der Waals surface area (Å²) in [6.07, 6.45) is 9.11. The Hall–Kier alpha value is -3.74. The minimum absolute atomic E-state index is 0.0173. The number of benzene rings is 2. The molecular weight excluding hydrogens is 905 g/mol. The van der Waals surface area contributed by atoms with Crippen LogP contribution in [0.3, 0.4) is 0 Å². The predicted octanol–water partition coefficient (Wildman–Crippen LogP) is 7.52. The Morgan fingerprint density at radius 2 is 0.722 bits per heavy atom. The largest absolute Gasteiger partial charge is 0.376 e. The van der Waals surface area contributed by atoms with Crippen molar-refractivity contribution < 1.29 is 18.9 Å². The van der Waals surface area contributed by atoms with Crippen LogP contribution in [0.4, 0.5) is 0 Å². The quantitative estimate of drug-likeness (QED) is 0.109. The van der Waals surface area contributed by atoms with E-state index >= 15 is 0 Å². The number of nitrogens with zero attached hydrogens (tertiary/aromatic N) is 12. The Kier molecular flexibility index (Phi) is 25.1. The van der Waals surface area contributed by atoms with Crippen molar-refractivity contribution in [2.75, 3.05) is 80.8 Å². The SMILES string of the molecule is CC(C)C[C@H]1CO[C@H](C)CN(C)[C@@H](CC(C)C)CO[C@H](Cc2ccc(Cn3cnnn3)cc2)CN(C)[C@@H](CC(C)C)CO[C@H](C)CN(C)[C@@H](CC(C)C)CO[C@H](Cc2ccc(Cn3cnnn3)cc2)CN1C. The van der Waals surface area contributed by atoms with Crippen LogP contribution in [0.1, 0.15) is 117 Å². The summed E-state index contributed by atoms with van der Waals surface area (Å²) in [7, 11) is 9.04. The molecule has 72 heavy (non-hydrogen) atoms. The van der Waals surface area contributed by atoms with Gasteiger partial charge in [0.1, 0.15) is 12.7 Å². The highest BCUT2D eigenvalue weighted by atomic mass is 16.5. The van der Waals surface area contributed by atoms with E-state index in [1.54, 1.807) is 22.0 Å². The standard InChI is InChI=1S/C56H96N12O4/c1-41(2)23-51-35-69-45(9)29-63(11)54(26-44(7)8)38-72-56(28-48-17-21-50(22-18-48)32-68-40-58-60-62-68)34-66(14)52(24-42(3)4)36-70-46(10)30-64(12)53(25-43(5)6)37-71-55(33-65(51)13)27-47-15-19-49(20-16-47)31-67-39-57-59-61-67/h15-22,39-46,51-56H,23-38H2,1-14H3/t45-,46-,51+,52+,53+,54+,55-,56-/m1/s1. The number of aromatic nitrogens is 8. The first-order valence-corrected chi connectivity index (χ1v) is 27.2. The van der Waals surface area contributed by atoms with Crippen molar-refractivity contribution in [3.05, 3.63) is 83.4 Å². The third-order valence-electron chi connectivity index (χ3n) is 14.2. The van der Waals surface area contributed by atoms with Crippen molar-refractivity contribution in [3.8, 4) is 0 Å². The molecule has 0 radical (unpaired) electrons. The Bertz CT molecular complexity index is 1840. The van der Waals surface area contributed by atoms with Crippen molar-refractivity contribution in [1.29, 1.82) is 0 Å². The number of hydrogen-bond acceptors (Lipinski definition) is 14. The highest BCUT2D eigenvalue weighted by Gasteiger charge is 2.29. The van der Waals surface area contributed by atoms with Crippen LogP contribution in [-0.4, -0.2) is 189 Å². The fourth-order valence-electron chi connectivity index (χ4n) is 10.2. The summed E-state index contributed by atoms with van der Waals surface area (Å²) in [6.45, 7) is 30.1. The Morgan fingerprint density at radius 3 is 1.01 bits per heavy atom. The lowest BCUT2D eigenvalue weighted by molar-refractivity contribution is -0.0536. The van der Waals surface area contributed by atoms with Gasteiger partial charge in [-0.25, -0.2) is 9.36 Å². The van der Waals surface area contributed by atoms with Crippen LogP contribution in [0, 0.1) is 23.7 Å². The van der Waals surface area contributed by atoms with Gasteiger partial charge in [0.15, 0.2) is 0 Å². The maximum atomic E-state index is 7.15. The van der Waals surface area contributed by atoms with Gasteiger partial charge in [-0.2, -0.15) is 0 Å². The topological polar surface area (TPSA) is 137 Å². The van der Waals surface area contributed by atoms with Gasteiger partial charge in [-0.3, -0.25) is 19.6 Å². The lowest BCUT2D eigenvalue weighted by Crippen LogP contribution is -2.47. The second kappa shape index (κ2) is 30.6. The zero-order valence-electron chi connectivity index (χ0n) is 47.0. The molecule has 4 aromatic rings. The average Bonchev–Trinajstić information content (AvgIpc) is 4.04. The van der Waals surface area contributed by atoms with Gasteiger partial charge in [0.05, 0.1) is 63.9 Å². The first-order valence-electron chi connectivity index (χ1n) is 27.2. The van der Waals surface area contributed by atoms with Gasteiger partial charge >= 0.3 is 0 Å². The minimum atomic E-state index is -0.0173. The van der Waals surface area contributed by atoms with Gasteiger partial charge in [0.2, 0.25) is 0 Å². The Morgan fingerprint density at radius 1 is 0.431 bits per heavy atom. The van der Waals surface area contributed by atoms with E-state index in [-0.39, 0.29) is 48.6 Å². The maximum Gasteiger partial charge on any atom is 0.138 e. The summed E-state index contributed by atoms with van der Waals surface area (Å²) < 4.78 is 31.5. The van der Waals surface area contributed by atoms with Crippen molar-refractivity contribution in [2.24, 2.45) is 23.7 Å². The smallest absolute Gasteiger partial charge is 0.138 e. The van der Waals surface area contributed by atoms with Gasteiger partial charge in [-0.15, -0.1) is 10.2 Å². The molecule has 0 bridgehead atoms. The number of hydrogen-bond donors (Lipinski definition) is 0. The normalized spacial score (nSPS) is 25.7. The van der Waals surface area contributed by atoms with E-state index in [0.717, 1.165) is 75.8 Å². The van der Waals surface area contributed by atoms with Crippen molar-refractivity contribution in [2.45, 2.75) is 169 Å². The minimum Gasteiger partial charge on any atom is -0.376 e. The zero-order chi connectivity index (χ0) is 52.2. The lowest BCUT2D eigenvalue weighted by atomic mass is 10.0. The summed E-state index contributed by atoms with van der Waals surface area (Å²) in [5.74, 6) is 2.06. The van der Waals surface area contributed by atoms with Crippen molar-refractivity contribution in [1.82, 2.24) is 60.0 Å². The number of rotatable bonds is 16. The molecule has 16 nitrogen and oxygen atoms in total. The molecule has 0 saturated carbocycles. The van der Waals surface area contributed by atoms with Crippen LogP contribution in [0.5, 0.6) is 0 Å². The van der Waals surface area contributed by atoms with Crippen LogP contribution in [0.25, 0.3) is 0 Å². The summed E-state index contributed by atoms with van der Waals surface area (Å²) in [6, 6.07) is 18.6. The molecule has 0 spiro atoms. The van der Waals surface area contributed by atoms with Crippen LogP contribution in [0.15, 0.2) is 61.2 Å². The highest BCUT2D eigenvalue weighted by molar-refractivity contribution is 5.24. The second-order valence-corrected chi connectivity index (χ2v) is 23.1. The number of tetrazole rings is 2. The summed E-state index contributed by atoms with van der Waals surface area (Å²) in [4.78, 5) is 9.98. The van der Waals surface area contributed by atoms with Crippen LogP contribution in [-0.2, 0) is 44.9 Å². The number of ether oxygens (including phenoxy) is 4. The predicted molar refractivity (Wildman–Crippen MR) is 288 cm³/mol. The molecular formula is C56H96N12O4. The molecule has 0 N–H and O–H groups in total. The fourth-order valence-corrected chi connectivity index (χ4v) is 10.2. The fraction of sp³-hybridized carbons (Fsp3) is 0.750. The molecule has 1 aliphatic rings. The van der Waals surface area contributed by atoms with E-state index in [1.165, 1.54) is 11.1 Å². The molecule has 5 rings (SSSR count). The average molecular weight is 1000 g/mol. The Labute approximate surface area is 434 Å². The molecule has 8 atom stereocenters. The first-order chi connectivity index (χ1) is 34.4. The molecule has 0 unspecified atom stereocenters. The highest BCUT2D eigenvalue weighted by Crippen LogP contribution is 2.22. The molecule has 1 fully saturated rings. The molecule has 1 saturated heterocycles. The lowest BCUT2D eigenvalue weighted by Gasteiger charge is -2.37. The van der Waals surface area contributed by atoms with Gasteiger partial charge in [-0.05, 0) is 147 Å². The van der Waals surface area contributed by atoms with Crippen molar-refractivity contribution in [3.63, 3.8) is 0 Å². The van der Waals surface area contributed by atoms with Crippen molar-refractivity contribution >= 4 is 0 Å². The van der Waals surface area contributed by atoms with Gasteiger partial charge < -0.3 is 18.9 Å². The maximum absolute atomic E-state index is 7.15. The summed E-state index contributed by atoms with van der Waals surface area (Å²) in [5, 5.41) is 23.4. The third kappa shape index (κ3) is 21.6. The monoisotopic (exact) mass is 1000 g/mol. The molecule has 0 aliphatic carbocycles. The molecule has 16 heteroatoms. The van der Waals surface area contributed by atoms with E-state index in [2.05, 4.69) is 197 Å². The van der Waals surface area contributed by atoms with Gasteiger partial charge in [0.25, 0.3) is 0 Å². The van der Waals surface area contributed by atoms with Gasteiger partial charge in [-0.1, -0.05) is 104 Å². The molecule has 1 aliphatic heterocycles. The van der Waals surface area contributed by atoms with Gasteiger partial charge in [0, 0.05) is 50.3 Å². The summed E-state index contributed by atoms with van der Waals surface area (Å²) in [5.41, 5.74) is 4.83. The van der Waals surface area contributed by atoms with E-state index in [4.69, 9.17) is 18.9 Å². The molecule has 404 valence electrons. The third-order valence-corrected chi connectivity index (χ3v) is 14.2. The number of likely N-dealkylation sites (N-methyl/N-ethyl adjacent to an activating group) is 4. The van der Waals surface area contributed by atoms with Crippen LogP contribution in [0.2, 0.25) is 0 Å². The summed E-state index contributed by atoms with van der Waals surface area (Å²) >= 11 is 0. The first kappa shape index (κ1) is 59.1.